The molecule has 0 saturated heterocycles. The highest BCUT2D eigenvalue weighted by Crippen LogP contribution is 2.24. The molecule has 1 amide bonds. The third-order valence-electron chi connectivity index (χ3n) is 3.99. The third kappa shape index (κ3) is 4.25. The van der Waals surface area contributed by atoms with Crippen LogP contribution in [-0.2, 0) is 4.79 Å². The molecule has 0 unspecified atom stereocenters. The Morgan fingerprint density at radius 2 is 1.78 bits per heavy atom. The fraction of sp³-hybridized carbons (Fsp3) is 0.929. The number of hydrogen-bond acceptors (Lipinski definition) is 3. The Morgan fingerprint density at radius 1 is 1.11 bits per heavy atom. The van der Waals surface area contributed by atoms with Crippen LogP contribution in [0.2, 0.25) is 0 Å². The van der Waals surface area contributed by atoms with E-state index < -0.39 is 0 Å². The zero-order chi connectivity index (χ0) is 13.0. The molecule has 0 aromatic rings. The van der Waals surface area contributed by atoms with Crippen LogP contribution in [-0.4, -0.2) is 61.5 Å². The van der Waals surface area contributed by atoms with Gasteiger partial charge in [-0.1, -0.05) is 12.8 Å². The van der Waals surface area contributed by atoms with Crippen molar-refractivity contribution in [3.05, 3.63) is 0 Å². The summed E-state index contributed by atoms with van der Waals surface area (Å²) >= 11 is 0. The van der Waals surface area contributed by atoms with Crippen molar-refractivity contribution < 1.29 is 4.79 Å². The van der Waals surface area contributed by atoms with Gasteiger partial charge in [-0.15, -0.1) is 0 Å². The molecule has 4 nitrogen and oxygen atoms in total. The lowest BCUT2D eigenvalue weighted by atomic mass is 10.2. The summed E-state index contributed by atoms with van der Waals surface area (Å²) in [6.07, 6.45) is 7.45. The van der Waals surface area contributed by atoms with Gasteiger partial charge in [0.05, 0.1) is 6.54 Å². The summed E-state index contributed by atoms with van der Waals surface area (Å²) in [5.74, 6) is 0.302. The number of rotatable bonds is 7. The number of nitrogens with one attached hydrogen (secondary N) is 1. The Kier molecular flexibility index (Phi) is 5.01. The largest absolute Gasteiger partial charge is 0.337 e. The minimum atomic E-state index is 0.302. The van der Waals surface area contributed by atoms with Gasteiger partial charge in [-0.25, -0.2) is 0 Å². The fourth-order valence-corrected chi connectivity index (χ4v) is 2.66. The number of nitrogens with zero attached hydrogens (tertiary/aromatic N) is 2. The first-order valence-electron chi connectivity index (χ1n) is 7.34. The van der Waals surface area contributed by atoms with Crippen molar-refractivity contribution in [2.45, 2.75) is 50.6 Å². The summed E-state index contributed by atoms with van der Waals surface area (Å²) in [6.45, 7) is 2.38. The lowest BCUT2D eigenvalue weighted by molar-refractivity contribution is -0.132. The minimum absolute atomic E-state index is 0.302. The number of likely N-dealkylation sites (N-methyl/N-ethyl adjacent to an activating group) is 1. The number of hydrogen-bond donors (Lipinski definition) is 1. The van der Waals surface area contributed by atoms with E-state index in [-0.39, 0.29) is 0 Å². The Balaban J connectivity index is 1.82. The Hall–Kier alpha value is -0.610. The zero-order valence-corrected chi connectivity index (χ0v) is 11.8. The minimum Gasteiger partial charge on any atom is -0.337 e. The molecule has 2 aliphatic carbocycles. The smallest absolute Gasteiger partial charge is 0.236 e. The monoisotopic (exact) mass is 253 g/mol. The predicted molar refractivity (Wildman–Crippen MR) is 73.5 cm³/mol. The number of carbonyl (C=O) groups is 1. The summed E-state index contributed by atoms with van der Waals surface area (Å²) in [4.78, 5) is 16.6. The summed E-state index contributed by atoms with van der Waals surface area (Å²) in [5, 5.41) is 3.34. The van der Waals surface area contributed by atoms with Crippen molar-refractivity contribution in [3.63, 3.8) is 0 Å². The molecule has 0 bridgehead atoms. The summed E-state index contributed by atoms with van der Waals surface area (Å²) in [5.41, 5.74) is 0. The van der Waals surface area contributed by atoms with Crippen molar-refractivity contribution in [3.8, 4) is 0 Å². The van der Waals surface area contributed by atoms with Gasteiger partial charge >= 0.3 is 0 Å². The maximum atomic E-state index is 12.3. The average molecular weight is 253 g/mol. The van der Waals surface area contributed by atoms with E-state index in [4.69, 9.17) is 0 Å². The topological polar surface area (TPSA) is 35.6 Å². The lowest BCUT2D eigenvalue weighted by Crippen LogP contribution is -2.46. The Labute approximate surface area is 111 Å². The molecular weight excluding hydrogens is 226 g/mol. The van der Waals surface area contributed by atoms with E-state index in [0.29, 0.717) is 24.5 Å². The van der Waals surface area contributed by atoms with Crippen LogP contribution in [0.1, 0.15) is 38.5 Å². The van der Waals surface area contributed by atoms with Crippen LogP contribution in [0.5, 0.6) is 0 Å². The van der Waals surface area contributed by atoms with E-state index in [0.717, 1.165) is 13.1 Å². The second-order valence-corrected chi connectivity index (χ2v) is 5.98. The molecule has 0 atom stereocenters. The number of amides is 1. The van der Waals surface area contributed by atoms with Gasteiger partial charge in [0.25, 0.3) is 0 Å². The van der Waals surface area contributed by atoms with Gasteiger partial charge in [-0.05, 0) is 39.8 Å². The lowest BCUT2D eigenvalue weighted by Gasteiger charge is -2.30. The van der Waals surface area contributed by atoms with Crippen molar-refractivity contribution in [1.29, 1.82) is 0 Å². The first kappa shape index (κ1) is 13.8. The molecule has 2 rings (SSSR count). The van der Waals surface area contributed by atoms with E-state index in [1.165, 1.54) is 38.5 Å². The molecule has 4 heteroatoms. The van der Waals surface area contributed by atoms with Crippen molar-refractivity contribution in [1.82, 2.24) is 15.1 Å². The molecule has 104 valence electrons. The Morgan fingerprint density at radius 3 is 2.33 bits per heavy atom. The van der Waals surface area contributed by atoms with Crippen LogP contribution in [0.15, 0.2) is 0 Å². The summed E-state index contributed by atoms with van der Waals surface area (Å²) in [6, 6.07) is 1.12. The van der Waals surface area contributed by atoms with Crippen LogP contribution < -0.4 is 5.32 Å². The summed E-state index contributed by atoms with van der Waals surface area (Å²) < 4.78 is 0. The van der Waals surface area contributed by atoms with Gasteiger partial charge in [0, 0.05) is 25.2 Å². The highest BCUT2D eigenvalue weighted by Gasteiger charge is 2.28. The van der Waals surface area contributed by atoms with E-state index in [1.54, 1.807) is 0 Å². The van der Waals surface area contributed by atoms with Gasteiger partial charge in [-0.2, -0.15) is 0 Å². The average Bonchev–Trinajstić information content (AvgIpc) is 3.01. The molecule has 2 fully saturated rings. The molecule has 0 radical (unpaired) electrons. The molecule has 1 N–H and O–H groups in total. The molecule has 2 saturated carbocycles. The standard InChI is InChI=1S/C14H27N3O/c1-16(2)9-10-17(13-5-3-4-6-13)14(18)11-15-12-7-8-12/h12-13,15H,3-11H2,1-2H3. The van der Waals surface area contributed by atoms with E-state index in [9.17, 15) is 4.79 Å². The first-order valence-corrected chi connectivity index (χ1v) is 7.34. The van der Waals surface area contributed by atoms with E-state index in [1.807, 2.05) is 0 Å². The summed E-state index contributed by atoms with van der Waals surface area (Å²) in [7, 11) is 4.14. The molecule has 0 spiro atoms. The van der Waals surface area contributed by atoms with E-state index in [2.05, 4.69) is 29.2 Å². The number of carbonyl (C=O) groups excluding carboxylic acids is 1. The molecule has 0 heterocycles. The van der Waals surface area contributed by atoms with Crippen molar-refractivity contribution >= 4 is 5.91 Å². The van der Waals surface area contributed by atoms with Crippen LogP contribution in [0.25, 0.3) is 0 Å². The highest BCUT2D eigenvalue weighted by molar-refractivity contribution is 5.78. The highest BCUT2D eigenvalue weighted by atomic mass is 16.2. The van der Waals surface area contributed by atoms with Crippen LogP contribution >= 0.6 is 0 Å². The van der Waals surface area contributed by atoms with Crippen molar-refractivity contribution in [2.75, 3.05) is 33.7 Å². The van der Waals surface area contributed by atoms with Crippen LogP contribution in [0, 0.1) is 0 Å². The first-order chi connectivity index (χ1) is 8.66. The van der Waals surface area contributed by atoms with Crippen molar-refractivity contribution in [2.24, 2.45) is 0 Å². The Bertz CT molecular complexity index is 270. The second kappa shape index (κ2) is 6.53. The quantitative estimate of drug-likeness (QED) is 0.737. The van der Waals surface area contributed by atoms with Gasteiger partial charge in [0.15, 0.2) is 0 Å². The van der Waals surface area contributed by atoms with E-state index >= 15 is 0 Å². The molecule has 0 aliphatic heterocycles. The predicted octanol–water partition coefficient (Wildman–Crippen LogP) is 1.07. The van der Waals surface area contributed by atoms with Gasteiger partial charge in [0.1, 0.15) is 0 Å². The normalized spacial score (nSPS) is 20.6. The third-order valence-corrected chi connectivity index (χ3v) is 3.99. The van der Waals surface area contributed by atoms with Crippen LogP contribution in [0.3, 0.4) is 0 Å². The van der Waals surface area contributed by atoms with Gasteiger partial charge in [-0.3, -0.25) is 4.79 Å². The van der Waals surface area contributed by atoms with Gasteiger partial charge in [0.2, 0.25) is 5.91 Å². The molecule has 18 heavy (non-hydrogen) atoms. The SMILES string of the molecule is CN(C)CCN(C(=O)CNC1CC1)C1CCCC1. The van der Waals surface area contributed by atoms with Gasteiger partial charge < -0.3 is 15.1 Å². The molecule has 2 aliphatic rings. The maximum Gasteiger partial charge on any atom is 0.236 e. The molecular formula is C14H27N3O. The van der Waals surface area contributed by atoms with Crippen LogP contribution in [0.4, 0.5) is 0 Å². The fourth-order valence-electron chi connectivity index (χ4n) is 2.66. The maximum absolute atomic E-state index is 12.3. The molecule has 0 aromatic heterocycles. The zero-order valence-electron chi connectivity index (χ0n) is 11.8. The second-order valence-electron chi connectivity index (χ2n) is 5.98. The molecule has 0 aromatic carbocycles.